The molecule has 1 saturated heterocycles. The summed E-state index contributed by atoms with van der Waals surface area (Å²) in [5.41, 5.74) is 0.362. The van der Waals surface area contributed by atoms with Crippen molar-refractivity contribution in [2.75, 3.05) is 45.9 Å². The van der Waals surface area contributed by atoms with E-state index >= 15 is 0 Å². The van der Waals surface area contributed by atoms with Crippen LogP contribution in [0.15, 0.2) is 0 Å². The molecule has 1 aliphatic carbocycles. The molecule has 0 amide bonds. The van der Waals surface area contributed by atoms with Gasteiger partial charge in [-0.15, -0.1) is 0 Å². The molecule has 1 heterocycles. The van der Waals surface area contributed by atoms with E-state index in [1.165, 1.54) is 38.6 Å². The fourth-order valence-electron chi connectivity index (χ4n) is 3.87. The molecule has 0 unspecified atom stereocenters. The van der Waals surface area contributed by atoms with Gasteiger partial charge in [-0.05, 0) is 25.7 Å². The van der Waals surface area contributed by atoms with Crippen LogP contribution in [-0.2, 0) is 0 Å². The minimum absolute atomic E-state index is 0.303. The Hall–Kier alpha value is -0.160. The average molecular weight is 270 g/mol. The van der Waals surface area contributed by atoms with E-state index < -0.39 is 0 Å². The molecule has 0 aromatic rings. The predicted octanol–water partition coefficient (Wildman–Crippen LogP) is 1.07. The molecule has 19 heavy (non-hydrogen) atoms. The van der Waals surface area contributed by atoms with Gasteiger partial charge in [0.1, 0.15) is 0 Å². The van der Waals surface area contributed by atoms with E-state index in [-0.39, 0.29) is 0 Å². The molecular formula is C15H30N2O2. The molecule has 112 valence electrons. The highest BCUT2D eigenvalue weighted by molar-refractivity contribution is 4.98. The molecular weight excluding hydrogens is 240 g/mol. The summed E-state index contributed by atoms with van der Waals surface area (Å²) in [4.78, 5) is 5.19. The summed E-state index contributed by atoms with van der Waals surface area (Å²) in [6.07, 6.45) is 8.51. The van der Waals surface area contributed by atoms with Gasteiger partial charge in [-0.2, -0.15) is 0 Å². The highest BCUT2D eigenvalue weighted by Gasteiger charge is 2.41. The molecule has 4 heteroatoms. The van der Waals surface area contributed by atoms with Crippen molar-refractivity contribution in [3.8, 4) is 0 Å². The Balaban J connectivity index is 1.96. The molecule has 2 aliphatic rings. The normalized spacial score (nSPS) is 24.9. The first-order valence-electron chi connectivity index (χ1n) is 8.00. The van der Waals surface area contributed by atoms with Crippen LogP contribution in [0.3, 0.4) is 0 Å². The number of hydrogen-bond acceptors (Lipinski definition) is 4. The number of piperazine rings is 1. The van der Waals surface area contributed by atoms with Gasteiger partial charge in [0.15, 0.2) is 0 Å². The monoisotopic (exact) mass is 270 g/mol. The second-order valence-electron chi connectivity index (χ2n) is 6.20. The van der Waals surface area contributed by atoms with Crippen molar-refractivity contribution in [3.05, 3.63) is 0 Å². The maximum Gasteiger partial charge on any atom is 0.0443 e. The third-order valence-electron chi connectivity index (χ3n) is 4.88. The standard InChI is InChI=1S/C15H30N2O2/c18-12-4-8-16-10-11-17(9-5-13-19)15(14-16)6-2-1-3-7-15/h18-19H,1-14H2. The molecule has 0 atom stereocenters. The number of nitrogens with zero attached hydrogens (tertiary/aromatic N) is 2. The molecule has 1 saturated carbocycles. The second kappa shape index (κ2) is 7.58. The lowest BCUT2D eigenvalue weighted by Gasteiger charge is -2.53. The van der Waals surface area contributed by atoms with Crippen molar-refractivity contribution in [1.82, 2.24) is 9.80 Å². The van der Waals surface area contributed by atoms with Gasteiger partial charge >= 0.3 is 0 Å². The van der Waals surface area contributed by atoms with Crippen molar-refractivity contribution < 1.29 is 10.2 Å². The van der Waals surface area contributed by atoms with Crippen molar-refractivity contribution in [1.29, 1.82) is 0 Å². The molecule has 2 rings (SSSR count). The Kier molecular flexibility index (Phi) is 6.07. The van der Waals surface area contributed by atoms with Gasteiger partial charge in [0.05, 0.1) is 0 Å². The summed E-state index contributed by atoms with van der Waals surface area (Å²) in [5.74, 6) is 0. The highest BCUT2D eigenvalue weighted by atomic mass is 16.3. The van der Waals surface area contributed by atoms with Gasteiger partial charge in [-0.3, -0.25) is 4.90 Å². The topological polar surface area (TPSA) is 46.9 Å². The third kappa shape index (κ3) is 3.91. The van der Waals surface area contributed by atoms with Crippen LogP contribution in [0.4, 0.5) is 0 Å². The lowest BCUT2D eigenvalue weighted by molar-refractivity contribution is -0.0303. The molecule has 0 bridgehead atoms. The van der Waals surface area contributed by atoms with Gasteiger partial charge in [0.2, 0.25) is 0 Å². The van der Waals surface area contributed by atoms with E-state index in [2.05, 4.69) is 9.80 Å². The zero-order valence-corrected chi connectivity index (χ0v) is 12.2. The van der Waals surface area contributed by atoms with E-state index in [9.17, 15) is 0 Å². The Morgan fingerprint density at radius 3 is 2.21 bits per heavy atom. The fraction of sp³-hybridized carbons (Fsp3) is 1.00. The summed E-state index contributed by atoms with van der Waals surface area (Å²) < 4.78 is 0. The van der Waals surface area contributed by atoms with Gasteiger partial charge in [-0.25, -0.2) is 0 Å². The predicted molar refractivity (Wildman–Crippen MR) is 77.2 cm³/mol. The zero-order valence-electron chi connectivity index (χ0n) is 12.2. The number of hydrogen-bond donors (Lipinski definition) is 2. The van der Waals surface area contributed by atoms with E-state index in [0.29, 0.717) is 18.8 Å². The summed E-state index contributed by atoms with van der Waals surface area (Å²) in [5, 5.41) is 18.1. The van der Waals surface area contributed by atoms with Crippen molar-refractivity contribution in [3.63, 3.8) is 0 Å². The van der Waals surface area contributed by atoms with Crippen LogP contribution in [-0.4, -0.2) is 71.5 Å². The summed E-state index contributed by atoms with van der Waals surface area (Å²) in [6, 6.07) is 0. The van der Waals surface area contributed by atoms with E-state index in [1.807, 2.05) is 0 Å². The number of rotatable bonds is 6. The van der Waals surface area contributed by atoms with Crippen LogP contribution < -0.4 is 0 Å². The lowest BCUT2D eigenvalue weighted by atomic mass is 9.78. The molecule has 4 nitrogen and oxygen atoms in total. The molecule has 2 fully saturated rings. The first-order valence-corrected chi connectivity index (χ1v) is 8.00. The van der Waals surface area contributed by atoms with Crippen LogP contribution in [0.2, 0.25) is 0 Å². The van der Waals surface area contributed by atoms with E-state index in [4.69, 9.17) is 10.2 Å². The fourth-order valence-corrected chi connectivity index (χ4v) is 3.87. The zero-order chi connectivity index (χ0) is 13.6. The maximum absolute atomic E-state index is 9.09. The molecule has 2 N–H and O–H groups in total. The lowest BCUT2D eigenvalue weighted by Crippen LogP contribution is -2.63. The Labute approximate surface area is 117 Å². The van der Waals surface area contributed by atoms with Crippen LogP contribution in [0.1, 0.15) is 44.9 Å². The number of aliphatic hydroxyl groups is 2. The quantitative estimate of drug-likeness (QED) is 0.758. The minimum atomic E-state index is 0.303. The van der Waals surface area contributed by atoms with Crippen molar-refractivity contribution in [2.24, 2.45) is 0 Å². The van der Waals surface area contributed by atoms with Gasteiger partial charge in [-0.1, -0.05) is 19.3 Å². The minimum Gasteiger partial charge on any atom is -0.396 e. The first kappa shape index (κ1) is 15.2. The Morgan fingerprint density at radius 1 is 0.842 bits per heavy atom. The number of aliphatic hydroxyl groups excluding tert-OH is 2. The molecule has 0 aromatic carbocycles. The summed E-state index contributed by atoms with van der Waals surface area (Å²) in [6.45, 7) is 6.10. The van der Waals surface area contributed by atoms with Crippen molar-refractivity contribution in [2.45, 2.75) is 50.5 Å². The highest BCUT2D eigenvalue weighted by Crippen LogP contribution is 2.36. The maximum atomic E-state index is 9.09. The smallest absolute Gasteiger partial charge is 0.0443 e. The van der Waals surface area contributed by atoms with Crippen LogP contribution in [0.25, 0.3) is 0 Å². The van der Waals surface area contributed by atoms with E-state index in [0.717, 1.165) is 39.0 Å². The van der Waals surface area contributed by atoms with Gasteiger partial charge in [0.25, 0.3) is 0 Å². The molecule has 1 aliphatic heterocycles. The largest absolute Gasteiger partial charge is 0.396 e. The molecule has 0 radical (unpaired) electrons. The Bertz CT molecular complexity index is 255. The van der Waals surface area contributed by atoms with Gasteiger partial charge in [0, 0.05) is 51.5 Å². The van der Waals surface area contributed by atoms with E-state index in [1.54, 1.807) is 0 Å². The molecule has 0 aromatic heterocycles. The second-order valence-corrected chi connectivity index (χ2v) is 6.20. The third-order valence-corrected chi connectivity index (χ3v) is 4.88. The summed E-state index contributed by atoms with van der Waals surface area (Å²) in [7, 11) is 0. The summed E-state index contributed by atoms with van der Waals surface area (Å²) >= 11 is 0. The van der Waals surface area contributed by atoms with Crippen LogP contribution >= 0.6 is 0 Å². The SMILES string of the molecule is OCCCN1CCN(CCCO)C2(CCCCC2)C1. The molecule has 1 spiro atoms. The van der Waals surface area contributed by atoms with Crippen LogP contribution in [0.5, 0.6) is 0 Å². The average Bonchev–Trinajstić information content (AvgIpc) is 2.45. The van der Waals surface area contributed by atoms with Crippen molar-refractivity contribution >= 4 is 0 Å². The Morgan fingerprint density at radius 2 is 1.53 bits per heavy atom. The van der Waals surface area contributed by atoms with Gasteiger partial charge < -0.3 is 15.1 Å². The van der Waals surface area contributed by atoms with Crippen LogP contribution in [0, 0.1) is 0 Å². The first-order chi connectivity index (χ1) is 9.30.